The minimum absolute atomic E-state index is 0.788. The fraction of sp³-hybridized carbons (Fsp3) is 0.438. The molecule has 2 aromatic rings. The molecule has 0 aliphatic rings. The zero-order valence-corrected chi connectivity index (χ0v) is 12.2. The van der Waals surface area contributed by atoms with E-state index in [9.17, 15) is 0 Å². The molecule has 0 aliphatic heterocycles. The van der Waals surface area contributed by atoms with E-state index >= 15 is 0 Å². The first-order chi connectivity index (χ1) is 9.33. The number of benzene rings is 1. The number of hydrogen-bond donors (Lipinski definition) is 1. The minimum Gasteiger partial charge on any atom is -0.317 e. The van der Waals surface area contributed by atoms with Crippen LogP contribution in [0.15, 0.2) is 30.5 Å². The van der Waals surface area contributed by atoms with Crippen molar-refractivity contribution in [2.45, 2.75) is 32.6 Å². The molecular weight excluding hydrogens is 256 g/mol. The molecule has 1 aromatic heterocycles. The molecule has 2 rings (SSSR count). The van der Waals surface area contributed by atoms with E-state index < -0.39 is 0 Å². The summed E-state index contributed by atoms with van der Waals surface area (Å²) in [7, 11) is 0. The quantitative estimate of drug-likeness (QED) is 0.766. The molecule has 0 radical (unpaired) electrons. The number of aryl methyl sites for hydroxylation is 1. The molecule has 1 heterocycles. The molecule has 1 aromatic carbocycles. The van der Waals surface area contributed by atoms with Gasteiger partial charge < -0.3 is 5.32 Å². The number of fused-ring (bicyclic) bond motifs is 1. The van der Waals surface area contributed by atoms with Crippen molar-refractivity contribution in [3.63, 3.8) is 0 Å². The van der Waals surface area contributed by atoms with E-state index in [4.69, 9.17) is 11.6 Å². The highest BCUT2D eigenvalue weighted by Crippen LogP contribution is 2.25. The van der Waals surface area contributed by atoms with E-state index in [2.05, 4.69) is 23.3 Å². The normalized spacial score (nSPS) is 11.1. The Balaban J connectivity index is 1.96. The Bertz CT molecular complexity index is 525. The predicted molar refractivity (Wildman–Crippen MR) is 82.9 cm³/mol. The summed E-state index contributed by atoms with van der Waals surface area (Å²) in [6.45, 7) is 4.41. The lowest BCUT2D eigenvalue weighted by molar-refractivity contribution is 0.617. The molecule has 19 heavy (non-hydrogen) atoms. The summed E-state index contributed by atoms with van der Waals surface area (Å²) in [6.07, 6.45) is 6.50. The topological polar surface area (TPSA) is 24.9 Å². The van der Waals surface area contributed by atoms with Crippen LogP contribution >= 0.6 is 11.6 Å². The monoisotopic (exact) mass is 276 g/mol. The van der Waals surface area contributed by atoms with E-state index in [1.807, 2.05) is 24.4 Å². The summed E-state index contributed by atoms with van der Waals surface area (Å²) in [6, 6.07) is 8.07. The lowest BCUT2D eigenvalue weighted by Crippen LogP contribution is -2.15. The summed E-state index contributed by atoms with van der Waals surface area (Å²) in [4.78, 5) is 4.47. The van der Waals surface area contributed by atoms with Crippen molar-refractivity contribution in [2.24, 2.45) is 0 Å². The smallest absolute Gasteiger partial charge is 0.0748 e. The zero-order chi connectivity index (χ0) is 13.5. The van der Waals surface area contributed by atoms with Gasteiger partial charge in [0.05, 0.1) is 5.52 Å². The van der Waals surface area contributed by atoms with Crippen LogP contribution in [0.3, 0.4) is 0 Å². The van der Waals surface area contributed by atoms with Crippen LogP contribution in [0.25, 0.3) is 10.9 Å². The highest BCUT2D eigenvalue weighted by Gasteiger charge is 2.05. The van der Waals surface area contributed by atoms with Crippen LogP contribution in [0, 0.1) is 0 Å². The van der Waals surface area contributed by atoms with Crippen LogP contribution in [-0.2, 0) is 6.42 Å². The highest BCUT2D eigenvalue weighted by molar-refractivity contribution is 6.35. The standard InChI is InChI=1S/C16H21ClN2/c1-2-10-18-11-4-3-6-13-8-9-15(17)14-7-5-12-19-16(13)14/h5,7-9,12,18H,2-4,6,10-11H2,1H3. The molecule has 0 unspecified atom stereocenters. The first kappa shape index (κ1) is 14.3. The Morgan fingerprint density at radius 2 is 2.05 bits per heavy atom. The highest BCUT2D eigenvalue weighted by atomic mass is 35.5. The van der Waals surface area contributed by atoms with Crippen molar-refractivity contribution in [3.8, 4) is 0 Å². The average Bonchev–Trinajstić information content (AvgIpc) is 2.45. The molecule has 0 saturated heterocycles. The molecule has 0 fully saturated rings. The lowest BCUT2D eigenvalue weighted by Gasteiger charge is -2.07. The van der Waals surface area contributed by atoms with Gasteiger partial charge in [0.2, 0.25) is 0 Å². The summed E-state index contributed by atoms with van der Waals surface area (Å²) in [5.74, 6) is 0. The summed E-state index contributed by atoms with van der Waals surface area (Å²) >= 11 is 6.20. The Morgan fingerprint density at radius 3 is 2.89 bits per heavy atom. The van der Waals surface area contributed by atoms with Gasteiger partial charge in [0.15, 0.2) is 0 Å². The van der Waals surface area contributed by atoms with Gasteiger partial charge in [0, 0.05) is 16.6 Å². The number of halogens is 1. The summed E-state index contributed by atoms with van der Waals surface area (Å²) in [5, 5.41) is 5.28. The van der Waals surface area contributed by atoms with Crippen LogP contribution < -0.4 is 5.32 Å². The van der Waals surface area contributed by atoms with E-state index in [0.29, 0.717) is 0 Å². The molecule has 0 bridgehead atoms. The van der Waals surface area contributed by atoms with Gasteiger partial charge in [-0.3, -0.25) is 4.98 Å². The Morgan fingerprint density at radius 1 is 1.16 bits per heavy atom. The molecule has 0 saturated carbocycles. The molecular formula is C16H21ClN2. The number of aromatic nitrogens is 1. The van der Waals surface area contributed by atoms with E-state index in [1.54, 1.807) is 0 Å². The fourth-order valence-electron chi connectivity index (χ4n) is 2.27. The van der Waals surface area contributed by atoms with Gasteiger partial charge in [-0.2, -0.15) is 0 Å². The van der Waals surface area contributed by atoms with Gasteiger partial charge in [0.25, 0.3) is 0 Å². The second-order valence-corrected chi connectivity index (χ2v) is 5.22. The average molecular weight is 277 g/mol. The first-order valence-electron chi connectivity index (χ1n) is 7.05. The molecule has 0 amide bonds. The number of nitrogens with zero attached hydrogens (tertiary/aromatic N) is 1. The predicted octanol–water partition coefficient (Wildman–Crippen LogP) is 4.21. The molecule has 0 spiro atoms. The number of hydrogen-bond acceptors (Lipinski definition) is 2. The Kier molecular flexibility index (Phi) is 5.62. The number of pyridine rings is 1. The maximum absolute atomic E-state index is 6.20. The Labute approximate surface area is 120 Å². The lowest BCUT2D eigenvalue weighted by atomic mass is 10.0. The molecule has 1 N–H and O–H groups in total. The van der Waals surface area contributed by atoms with Crippen molar-refractivity contribution in [2.75, 3.05) is 13.1 Å². The number of rotatable bonds is 7. The van der Waals surface area contributed by atoms with Crippen LogP contribution in [0.1, 0.15) is 31.7 Å². The van der Waals surface area contributed by atoms with Crippen LogP contribution in [0.2, 0.25) is 5.02 Å². The Hall–Kier alpha value is -1.12. The molecule has 0 atom stereocenters. The summed E-state index contributed by atoms with van der Waals surface area (Å²) in [5.41, 5.74) is 2.35. The van der Waals surface area contributed by atoms with Gasteiger partial charge in [-0.05, 0) is 62.5 Å². The third-order valence-corrected chi connectivity index (χ3v) is 3.61. The maximum Gasteiger partial charge on any atom is 0.0748 e. The van der Waals surface area contributed by atoms with Crippen LogP contribution in [0.4, 0.5) is 0 Å². The SMILES string of the molecule is CCCNCCCCc1ccc(Cl)c2cccnc12. The van der Waals surface area contributed by atoms with Gasteiger partial charge in [0.1, 0.15) is 0 Å². The largest absolute Gasteiger partial charge is 0.317 e. The fourth-order valence-corrected chi connectivity index (χ4v) is 2.48. The summed E-state index contributed by atoms with van der Waals surface area (Å²) < 4.78 is 0. The third-order valence-electron chi connectivity index (χ3n) is 3.28. The number of nitrogens with one attached hydrogen (secondary N) is 1. The number of unbranched alkanes of at least 4 members (excludes halogenated alkanes) is 1. The minimum atomic E-state index is 0.788. The second-order valence-electron chi connectivity index (χ2n) is 4.81. The molecule has 3 heteroatoms. The first-order valence-corrected chi connectivity index (χ1v) is 7.43. The van der Waals surface area contributed by atoms with Crippen molar-refractivity contribution >= 4 is 22.5 Å². The van der Waals surface area contributed by atoms with Gasteiger partial charge in [-0.1, -0.05) is 24.6 Å². The van der Waals surface area contributed by atoms with Gasteiger partial charge in [-0.25, -0.2) is 0 Å². The van der Waals surface area contributed by atoms with E-state index in [-0.39, 0.29) is 0 Å². The van der Waals surface area contributed by atoms with E-state index in [1.165, 1.54) is 24.8 Å². The third kappa shape index (κ3) is 3.92. The second kappa shape index (κ2) is 7.46. The molecule has 2 nitrogen and oxygen atoms in total. The van der Waals surface area contributed by atoms with Crippen LogP contribution in [0.5, 0.6) is 0 Å². The maximum atomic E-state index is 6.20. The van der Waals surface area contributed by atoms with Crippen molar-refractivity contribution in [1.29, 1.82) is 0 Å². The van der Waals surface area contributed by atoms with Gasteiger partial charge in [-0.15, -0.1) is 0 Å². The van der Waals surface area contributed by atoms with Crippen LogP contribution in [-0.4, -0.2) is 18.1 Å². The van der Waals surface area contributed by atoms with Crippen molar-refractivity contribution < 1.29 is 0 Å². The molecule has 0 aliphatic carbocycles. The zero-order valence-electron chi connectivity index (χ0n) is 11.5. The van der Waals surface area contributed by atoms with E-state index in [0.717, 1.165) is 35.4 Å². The van der Waals surface area contributed by atoms with Crippen molar-refractivity contribution in [3.05, 3.63) is 41.0 Å². The molecule has 102 valence electrons. The van der Waals surface area contributed by atoms with Gasteiger partial charge >= 0.3 is 0 Å². The van der Waals surface area contributed by atoms with Crippen molar-refractivity contribution in [1.82, 2.24) is 10.3 Å².